The lowest BCUT2D eigenvalue weighted by molar-refractivity contribution is -0.617. The highest BCUT2D eigenvalue weighted by molar-refractivity contribution is 6.03. The monoisotopic (exact) mass is 320 g/mol. The molecule has 0 saturated carbocycles. The third kappa shape index (κ3) is 3.11. The minimum Gasteiger partial charge on any atom is -0.618 e. The Morgan fingerprint density at radius 2 is 1.38 bits per heavy atom. The molecule has 3 aromatic rings. The summed E-state index contributed by atoms with van der Waals surface area (Å²) in [4.78, 5) is 14.3. The normalized spacial score (nSPS) is 11.7. The van der Waals surface area contributed by atoms with Crippen LogP contribution < -0.4 is 9.63 Å². The smallest absolute Gasteiger partial charge is 0.271 e. The molecule has 5 nitrogen and oxygen atoms in total. The molecule has 5 heteroatoms. The quantitative estimate of drug-likeness (QED) is 0.594. The zero-order chi connectivity index (χ0) is 16.9. The van der Waals surface area contributed by atoms with Crippen molar-refractivity contribution in [3.05, 3.63) is 96.0 Å². The Morgan fingerprint density at radius 1 is 0.875 bits per heavy atom. The first-order valence-electron chi connectivity index (χ1n) is 7.48. The van der Waals surface area contributed by atoms with Gasteiger partial charge in [0.1, 0.15) is 0 Å². The lowest BCUT2D eigenvalue weighted by Gasteiger charge is -2.25. The number of hydrogen-bond acceptors (Lipinski definition) is 3. The van der Waals surface area contributed by atoms with Crippen molar-refractivity contribution in [1.29, 1.82) is 0 Å². The number of aliphatic hydroxyl groups excluding tert-OH is 1. The molecule has 1 aromatic heterocycles. The first-order valence-corrected chi connectivity index (χ1v) is 7.48. The number of aliphatic hydroxyl groups is 1. The number of hydrogen-bond donors (Lipinski definition) is 1. The van der Waals surface area contributed by atoms with E-state index in [0.717, 1.165) is 0 Å². The van der Waals surface area contributed by atoms with Gasteiger partial charge in [-0.3, -0.25) is 9.69 Å². The molecular weight excluding hydrogens is 304 g/mol. The van der Waals surface area contributed by atoms with Crippen molar-refractivity contribution in [2.75, 3.05) is 4.90 Å². The summed E-state index contributed by atoms with van der Waals surface area (Å²) in [5.41, 5.74) is 1.21. The van der Waals surface area contributed by atoms with Crippen molar-refractivity contribution < 1.29 is 14.6 Å². The summed E-state index contributed by atoms with van der Waals surface area (Å²) in [6, 6.07) is 22.6. The van der Waals surface area contributed by atoms with Crippen molar-refractivity contribution in [3.8, 4) is 0 Å². The molecule has 0 radical (unpaired) electrons. The molecule has 24 heavy (non-hydrogen) atoms. The average molecular weight is 320 g/mol. The van der Waals surface area contributed by atoms with Gasteiger partial charge in [0.2, 0.25) is 11.8 Å². The van der Waals surface area contributed by atoms with E-state index in [2.05, 4.69) is 0 Å². The zero-order valence-electron chi connectivity index (χ0n) is 12.8. The second kappa shape index (κ2) is 6.93. The van der Waals surface area contributed by atoms with E-state index in [1.807, 2.05) is 12.1 Å². The molecule has 0 aliphatic rings. The first kappa shape index (κ1) is 15.7. The molecule has 3 rings (SSSR count). The van der Waals surface area contributed by atoms with E-state index in [1.54, 1.807) is 60.7 Å². The molecule has 1 atom stereocenters. The lowest BCUT2D eigenvalue weighted by atomic mass is 10.1. The Kier molecular flexibility index (Phi) is 4.54. The minimum atomic E-state index is -1.57. The highest BCUT2D eigenvalue weighted by Gasteiger charge is 2.31. The summed E-state index contributed by atoms with van der Waals surface area (Å²) in [5.74, 6) is -0.594. The van der Waals surface area contributed by atoms with Gasteiger partial charge in [-0.2, -0.15) is 4.73 Å². The van der Waals surface area contributed by atoms with Crippen molar-refractivity contribution in [3.63, 3.8) is 0 Å². The number of carbonyl (C=O) groups is 1. The van der Waals surface area contributed by atoms with Crippen molar-refractivity contribution in [2.24, 2.45) is 0 Å². The number of aromatic nitrogens is 1. The Balaban J connectivity index is 2.03. The van der Waals surface area contributed by atoms with Crippen LogP contribution in [0.5, 0.6) is 0 Å². The van der Waals surface area contributed by atoms with Gasteiger partial charge in [0, 0.05) is 23.5 Å². The number of benzene rings is 2. The van der Waals surface area contributed by atoms with E-state index in [0.29, 0.717) is 16.1 Å². The molecule has 0 aliphatic carbocycles. The van der Waals surface area contributed by atoms with Crippen LogP contribution in [0.3, 0.4) is 0 Å². The average Bonchev–Trinajstić information content (AvgIpc) is 2.63. The topological polar surface area (TPSA) is 67.5 Å². The van der Waals surface area contributed by atoms with Crippen LogP contribution in [0.4, 0.5) is 11.4 Å². The Labute approximate surface area is 139 Å². The SMILES string of the molecule is O=C([C@H](O)c1cccc[n+]1[O-])N(c1ccccc1)c1ccccc1. The fourth-order valence-electron chi connectivity index (χ4n) is 2.46. The molecular formula is C19H16N2O3. The summed E-state index contributed by atoms with van der Waals surface area (Å²) in [6.07, 6.45) is -0.314. The van der Waals surface area contributed by atoms with Gasteiger partial charge < -0.3 is 10.3 Å². The van der Waals surface area contributed by atoms with E-state index in [9.17, 15) is 15.1 Å². The number of pyridine rings is 1. The standard InChI is InChI=1S/C19H16N2O3/c22-18(17-13-7-8-14-20(17)24)19(23)21(15-9-3-1-4-10-15)16-11-5-2-6-12-16/h1-14,18,22H/t18-/m1/s1. The molecule has 0 bridgehead atoms. The van der Waals surface area contributed by atoms with Gasteiger partial charge in [0.15, 0.2) is 6.20 Å². The number of carbonyl (C=O) groups excluding carboxylic acids is 1. The summed E-state index contributed by atoms with van der Waals surface area (Å²) in [6.45, 7) is 0. The van der Waals surface area contributed by atoms with Gasteiger partial charge in [-0.05, 0) is 30.3 Å². The van der Waals surface area contributed by atoms with Gasteiger partial charge in [-0.25, -0.2) is 0 Å². The molecule has 0 unspecified atom stereocenters. The lowest BCUT2D eigenvalue weighted by Crippen LogP contribution is -2.39. The van der Waals surface area contributed by atoms with E-state index in [-0.39, 0.29) is 5.69 Å². The van der Waals surface area contributed by atoms with E-state index in [1.165, 1.54) is 17.2 Å². The van der Waals surface area contributed by atoms with Crippen LogP contribution in [-0.2, 0) is 4.79 Å². The highest BCUT2D eigenvalue weighted by Crippen LogP contribution is 2.28. The van der Waals surface area contributed by atoms with Crippen LogP contribution in [0.1, 0.15) is 11.8 Å². The largest absolute Gasteiger partial charge is 0.618 e. The van der Waals surface area contributed by atoms with Crippen LogP contribution >= 0.6 is 0 Å². The van der Waals surface area contributed by atoms with Crippen LogP contribution in [0, 0.1) is 5.21 Å². The number of rotatable bonds is 4. The molecule has 1 heterocycles. The molecule has 0 aliphatic heterocycles. The van der Waals surface area contributed by atoms with Crippen molar-refractivity contribution in [1.82, 2.24) is 0 Å². The van der Waals surface area contributed by atoms with Gasteiger partial charge in [-0.15, -0.1) is 0 Å². The second-order valence-electron chi connectivity index (χ2n) is 5.20. The van der Waals surface area contributed by atoms with Crippen LogP contribution in [0.15, 0.2) is 85.1 Å². The van der Waals surface area contributed by atoms with Gasteiger partial charge in [0.25, 0.3) is 5.91 Å². The highest BCUT2D eigenvalue weighted by atomic mass is 16.5. The number of nitrogens with zero attached hydrogens (tertiary/aromatic N) is 2. The Morgan fingerprint density at radius 3 is 1.88 bits per heavy atom. The third-order valence-corrected chi connectivity index (χ3v) is 3.62. The Hall–Kier alpha value is -3.18. The number of amides is 1. The summed E-state index contributed by atoms with van der Waals surface area (Å²) in [7, 11) is 0. The molecule has 1 N–H and O–H groups in total. The summed E-state index contributed by atoms with van der Waals surface area (Å²) in [5, 5.41) is 22.3. The Bertz CT molecular complexity index is 783. The molecule has 0 fully saturated rings. The molecule has 1 amide bonds. The predicted octanol–water partition coefficient (Wildman–Crippen LogP) is 2.72. The minimum absolute atomic E-state index is 0.0145. The predicted molar refractivity (Wildman–Crippen MR) is 90.4 cm³/mol. The van der Waals surface area contributed by atoms with E-state index < -0.39 is 12.0 Å². The maximum Gasteiger partial charge on any atom is 0.271 e. The van der Waals surface area contributed by atoms with Crippen LogP contribution in [0.25, 0.3) is 0 Å². The number of para-hydroxylation sites is 2. The maximum atomic E-state index is 12.9. The fraction of sp³-hybridized carbons (Fsp3) is 0.0526. The molecule has 2 aromatic carbocycles. The second-order valence-corrected chi connectivity index (χ2v) is 5.20. The van der Waals surface area contributed by atoms with Crippen molar-refractivity contribution in [2.45, 2.75) is 6.10 Å². The number of anilines is 2. The van der Waals surface area contributed by atoms with Crippen LogP contribution in [-0.4, -0.2) is 11.0 Å². The maximum absolute atomic E-state index is 12.9. The van der Waals surface area contributed by atoms with E-state index in [4.69, 9.17) is 0 Å². The summed E-state index contributed by atoms with van der Waals surface area (Å²) < 4.78 is 0.497. The van der Waals surface area contributed by atoms with Gasteiger partial charge >= 0.3 is 0 Å². The molecule has 0 spiro atoms. The van der Waals surface area contributed by atoms with Crippen molar-refractivity contribution >= 4 is 17.3 Å². The molecule has 120 valence electrons. The fourth-order valence-corrected chi connectivity index (χ4v) is 2.46. The third-order valence-electron chi connectivity index (χ3n) is 3.62. The molecule has 0 saturated heterocycles. The zero-order valence-corrected chi connectivity index (χ0v) is 12.8. The van der Waals surface area contributed by atoms with E-state index >= 15 is 0 Å². The van der Waals surface area contributed by atoms with Crippen LogP contribution in [0.2, 0.25) is 0 Å². The summed E-state index contributed by atoms with van der Waals surface area (Å²) >= 11 is 0. The first-order chi connectivity index (χ1) is 11.7. The van der Waals surface area contributed by atoms with Gasteiger partial charge in [0.05, 0.1) is 0 Å². The van der Waals surface area contributed by atoms with Gasteiger partial charge in [-0.1, -0.05) is 36.4 Å².